The monoisotopic (exact) mass is 312 g/mol. The van der Waals surface area contributed by atoms with Crippen LogP contribution in [0, 0.1) is 24.2 Å². The van der Waals surface area contributed by atoms with Gasteiger partial charge in [-0.15, -0.1) is 0 Å². The molecule has 23 heavy (non-hydrogen) atoms. The fourth-order valence-electron chi connectivity index (χ4n) is 5.18. The Hall–Kier alpha value is -1.61. The van der Waals surface area contributed by atoms with E-state index in [1.54, 1.807) is 0 Å². The number of Topliss-reactive ketones (excluding diaryl/α,β-unsaturated/α-hetero) is 1. The maximum atomic E-state index is 12.7. The van der Waals surface area contributed by atoms with Gasteiger partial charge in [0.25, 0.3) is 0 Å². The van der Waals surface area contributed by atoms with Crippen LogP contribution in [0.25, 0.3) is 5.57 Å². The highest BCUT2D eigenvalue weighted by molar-refractivity contribution is 6.07. The van der Waals surface area contributed by atoms with Crippen molar-refractivity contribution in [2.45, 2.75) is 46.0 Å². The summed E-state index contributed by atoms with van der Waals surface area (Å²) in [6, 6.07) is 0. The summed E-state index contributed by atoms with van der Waals surface area (Å²) in [5, 5.41) is 20.6. The predicted molar refractivity (Wildman–Crippen MR) is 89.7 cm³/mol. The van der Waals surface area contributed by atoms with Crippen LogP contribution in [-0.4, -0.2) is 22.6 Å². The van der Waals surface area contributed by atoms with E-state index < -0.39 is 0 Å². The summed E-state index contributed by atoms with van der Waals surface area (Å²) in [4.78, 5) is 12.7. The number of rotatable bonds is 1. The average Bonchev–Trinajstić information content (AvgIpc) is 3.05. The van der Waals surface area contributed by atoms with Gasteiger partial charge in [-0.1, -0.05) is 20.4 Å². The van der Waals surface area contributed by atoms with Crippen molar-refractivity contribution < 1.29 is 15.0 Å². The van der Waals surface area contributed by atoms with Gasteiger partial charge in [-0.3, -0.25) is 4.79 Å². The molecule has 0 heterocycles. The molecule has 3 aliphatic rings. The maximum Gasteiger partial charge on any atom is 0.167 e. The maximum absolute atomic E-state index is 12.7. The van der Waals surface area contributed by atoms with E-state index in [-0.39, 0.29) is 35.4 Å². The number of benzene rings is 1. The molecule has 0 aliphatic heterocycles. The minimum atomic E-state index is -0.131. The zero-order chi connectivity index (χ0) is 16.7. The van der Waals surface area contributed by atoms with Gasteiger partial charge in [0, 0.05) is 29.1 Å². The second-order valence-electron chi connectivity index (χ2n) is 7.98. The number of hydrogen-bond acceptors (Lipinski definition) is 3. The first kappa shape index (κ1) is 14.9. The van der Waals surface area contributed by atoms with Crippen LogP contribution >= 0.6 is 0 Å². The van der Waals surface area contributed by atoms with Gasteiger partial charge in [0.2, 0.25) is 0 Å². The van der Waals surface area contributed by atoms with Crippen LogP contribution in [0.1, 0.15) is 65.2 Å². The second kappa shape index (κ2) is 4.47. The highest BCUT2D eigenvalue weighted by Gasteiger charge is 2.63. The fraction of sp³-hybridized carbons (Fsp3) is 0.550. The van der Waals surface area contributed by atoms with Gasteiger partial charge in [-0.05, 0) is 60.3 Å². The molecular weight excluding hydrogens is 288 g/mol. The summed E-state index contributed by atoms with van der Waals surface area (Å²) in [6.45, 7) is 10.4. The third-order valence-electron chi connectivity index (χ3n) is 6.68. The van der Waals surface area contributed by atoms with E-state index in [0.717, 1.165) is 40.7 Å². The number of carbonyl (C=O) groups is 1. The summed E-state index contributed by atoms with van der Waals surface area (Å²) >= 11 is 0. The number of aliphatic hydroxyl groups excluding tert-OH is 1. The number of aromatic hydroxyl groups is 1. The highest BCUT2D eigenvalue weighted by atomic mass is 16.3. The van der Waals surface area contributed by atoms with Gasteiger partial charge in [-0.2, -0.15) is 0 Å². The Labute approximate surface area is 137 Å². The van der Waals surface area contributed by atoms with Crippen LogP contribution in [-0.2, 0) is 6.42 Å². The molecule has 0 radical (unpaired) electrons. The van der Waals surface area contributed by atoms with E-state index in [9.17, 15) is 15.0 Å². The standard InChI is InChI=1S/C20H24O3/c1-9-5-6-13-17(20(13,4)8-21)15-11(3)19(23)12-7-10(2)18(22)16(12)14(9)15/h10,13,17,21,23H,1,5-8H2,2-4H3. The first-order valence-corrected chi connectivity index (χ1v) is 8.54. The average molecular weight is 312 g/mol. The summed E-state index contributed by atoms with van der Waals surface area (Å²) in [5.41, 5.74) is 5.37. The normalized spacial score (nSPS) is 34.7. The smallest absolute Gasteiger partial charge is 0.167 e. The Kier molecular flexibility index (Phi) is 2.91. The quantitative estimate of drug-likeness (QED) is 0.833. The molecule has 4 rings (SSSR count). The molecule has 0 spiro atoms. The molecule has 4 unspecified atom stereocenters. The van der Waals surface area contributed by atoms with E-state index in [0.29, 0.717) is 17.9 Å². The van der Waals surface area contributed by atoms with Crippen molar-refractivity contribution in [1.82, 2.24) is 0 Å². The van der Waals surface area contributed by atoms with Gasteiger partial charge in [0.1, 0.15) is 5.75 Å². The Balaban J connectivity index is 2.04. The number of phenolic OH excluding ortho intramolecular Hbond substituents is 1. The van der Waals surface area contributed by atoms with Gasteiger partial charge < -0.3 is 10.2 Å². The first-order chi connectivity index (χ1) is 10.8. The number of phenols is 1. The van der Waals surface area contributed by atoms with Gasteiger partial charge in [0.15, 0.2) is 5.78 Å². The van der Waals surface area contributed by atoms with Crippen LogP contribution in [0.4, 0.5) is 0 Å². The molecule has 1 saturated carbocycles. The van der Waals surface area contributed by atoms with Crippen molar-refractivity contribution >= 4 is 11.4 Å². The van der Waals surface area contributed by atoms with Crippen molar-refractivity contribution in [2.24, 2.45) is 17.3 Å². The van der Waals surface area contributed by atoms with Crippen LogP contribution in [0.2, 0.25) is 0 Å². The second-order valence-corrected chi connectivity index (χ2v) is 7.98. The van der Waals surface area contributed by atoms with E-state index in [1.165, 1.54) is 0 Å². The molecular formula is C20H24O3. The molecule has 1 aromatic rings. The van der Waals surface area contributed by atoms with E-state index in [2.05, 4.69) is 13.5 Å². The number of hydrogen-bond donors (Lipinski definition) is 2. The number of fused-ring (bicyclic) bond motifs is 5. The van der Waals surface area contributed by atoms with Crippen molar-refractivity contribution in [2.75, 3.05) is 6.61 Å². The van der Waals surface area contributed by atoms with Crippen LogP contribution in [0.15, 0.2) is 6.58 Å². The molecule has 122 valence electrons. The number of allylic oxidation sites excluding steroid dienone is 1. The third kappa shape index (κ3) is 1.66. The predicted octanol–water partition coefficient (Wildman–Crippen LogP) is 3.59. The van der Waals surface area contributed by atoms with Crippen LogP contribution in [0.3, 0.4) is 0 Å². The van der Waals surface area contributed by atoms with Gasteiger partial charge in [0.05, 0.1) is 0 Å². The van der Waals surface area contributed by atoms with Crippen molar-refractivity contribution in [3.8, 4) is 5.75 Å². The lowest BCUT2D eigenvalue weighted by Crippen LogP contribution is -2.12. The van der Waals surface area contributed by atoms with E-state index >= 15 is 0 Å². The van der Waals surface area contributed by atoms with Crippen molar-refractivity contribution in [1.29, 1.82) is 0 Å². The summed E-state index contributed by atoms with van der Waals surface area (Å²) in [7, 11) is 0. The fourth-order valence-corrected chi connectivity index (χ4v) is 5.18. The summed E-state index contributed by atoms with van der Waals surface area (Å²) in [6.07, 6.45) is 2.47. The molecule has 4 atom stereocenters. The van der Waals surface area contributed by atoms with Crippen molar-refractivity contribution in [3.63, 3.8) is 0 Å². The summed E-state index contributed by atoms with van der Waals surface area (Å²) < 4.78 is 0. The minimum Gasteiger partial charge on any atom is -0.507 e. The Morgan fingerprint density at radius 3 is 2.70 bits per heavy atom. The largest absolute Gasteiger partial charge is 0.507 e. The third-order valence-corrected chi connectivity index (χ3v) is 6.68. The molecule has 0 saturated heterocycles. The molecule has 0 bridgehead atoms. The van der Waals surface area contributed by atoms with Crippen molar-refractivity contribution in [3.05, 3.63) is 34.4 Å². The lowest BCUT2D eigenvalue weighted by molar-refractivity contribution is 0.0946. The summed E-state index contributed by atoms with van der Waals surface area (Å²) in [5.74, 6) is 0.990. The Bertz CT molecular complexity index is 761. The van der Waals surface area contributed by atoms with Crippen LogP contribution in [0.5, 0.6) is 5.75 Å². The first-order valence-electron chi connectivity index (χ1n) is 8.54. The number of carbonyl (C=O) groups excluding carboxylic acids is 1. The SMILES string of the molecule is C=C1CCC2C(c3c(C)c(O)c4c(c31)C(=O)C(C)C4)C2(C)CO. The highest BCUT2D eigenvalue weighted by Crippen LogP contribution is 2.70. The number of aliphatic hydroxyl groups is 1. The number of ketones is 1. The molecule has 0 amide bonds. The zero-order valence-electron chi connectivity index (χ0n) is 14.1. The minimum absolute atomic E-state index is 0.0721. The topological polar surface area (TPSA) is 57.5 Å². The molecule has 0 aromatic heterocycles. The zero-order valence-corrected chi connectivity index (χ0v) is 14.1. The Morgan fingerprint density at radius 1 is 1.35 bits per heavy atom. The van der Waals surface area contributed by atoms with E-state index in [1.807, 2.05) is 13.8 Å². The molecule has 3 heteroatoms. The van der Waals surface area contributed by atoms with Gasteiger partial charge in [-0.25, -0.2) is 0 Å². The lowest BCUT2D eigenvalue weighted by atomic mass is 9.83. The molecule has 1 fully saturated rings. The molecule has 1 aromatic carbocycles. The van der Waals surface area contributed by atoms with Crippen LogP contribution < -0.4 is 0 Å². The molecule has 2 N–H and O–H groups in total. The molecule has 3 aliphatic carbocycles. The Morgan fingerprint density at radius 2 is 2.04 bits per heavy atom. The van der Waals surface area contributed by atoms with E-state index in [4.69, 9.17) is 0 Å². The molecule has 3 nitrogen and oxygen atoms in total. The van der Waals surface area contributed by atoms with Gasteiger partial charge >= 0.3 is 0 Å². The lowest BCUT2D eigenvalue weighted by Gasteiger charge is -2.21.